The standard InChI is InChI=1S/C19H22N6O3S/c1-3-24(4-2)29(27,28)17-12-10-16(11-13-17)20-18(26)14-25-22-19(21-23-25)15-8-6-5-7-9-15/h5-13H,3-4,14H2,1-2H3,(H,20,26). The Morgan fingerprint density at radius 3 is 2.31 bits per heavy atom. The van der Waals surface area contributed by atoms with Gasteiger partial charge in [-0.15, -0.1) is 10.2 Å². The monoisotopic (exact) mass is 414 g/mol. The average Bonchev–Trinajstić information content (AvgIpc) is 3.18. The topological polar surface area (TPSA) is 110 Å². The molecule has 2 aromatic carbocycles. The average molecular weight is 414 g/mol. The Bertz CT molecular complexity index is 1060. The van der Waals surface area contributed by atoms with Crippen molar-refractivity contribution in [2.75, 3.05) is 18.4 Å². The predicted molar refractivity (Wildman–Crippen MR) is 108 cm³/mol. The van der Waals surface area contributed by atoms with E-state index in [2.05, 4.69) is 20.7 Å². The van der Waals surface area contributed by atoms with E-state index in [4.69, 9.17) is 0 Å². The van der Waals surface area contributed by atoms with E-state index >= 15 is 0 Å². The molecular formula is C19H22N6O3S. The number of rotatable bonds is 8. The summed E-state index contributed by atoms with van der Waals surface area (Å²) < 4.78 is 26.4. The van der Waals surface area contributed by atoms with E-state index in [1.165, 1.54) is 21.2 Å². The maximum atomic E-state index is 12.5. The molecule has 1 N–H and O–H groups in total. The van der Waals surface area contributed by atoms with Crippen molar-refractivity contribution in [3.05, 3.63) is 54.6 Å². The van der Waals surface area contributed by atoms with Gasteiger partial charge in [-0.2, -0.15) is 9.10 Å². The Hall–Kier alpha value is -3.11. The quantitative estimate of drug-likeness (QED) is 0.604. The number of hydrogen-bond donors (Lipinski definition) is 1. The maximum Gasteiger partial charge on any atom is 0.248 e. The van der Waals surface area contributed by atoms with E-state index in [-0.39, 0.29) is 17.3 Å². The highest BCUT2D eigenvalue weighted by atomic mass is 32.2. The van der Waals surface area contributed by atoms with Crippen LogP contribution in [0, 0.1) is 0 Å². The highest BCUT2D eigenvalue weighted by Gasteiger charge is 2.21. The molecule has 3 rings (SSSR count). The fourth-order valence-corrected chi connectivity index (χ4v) is 4.22. The van der Waals surface area contributed by atoms with Gasteiger partial charge < -0.3 is 5.32 Å². The van der Waals surface area contributed by atoms with Crippen LogP contribution in [0.1, 0.15) is 13.8 Å². The first-order valence-corrected chi connectivity index (χ1v) is 10.6. The SMILES string of the molecule is CCN(CC)S(=O)(=O)c1ccc(NC(=O)Cn2nnc(-c3ccccc3)n2)cc1. The number of nitrogens with zero attached hydrogens (tertiary/aromatic N) is 5. The van der Waals surface area contributed by atoms with E-state index in [9.17, 15) is 13.2 Å². The van der Waals surface area contributed by atoms with Gasteiger partial charge >= 0.3 is 0 Å². The smallest absolute Gasteiger partial charge is 0.248 e. The van der Waals surface area contributed by atoms with Crippen LogP contribution in [-0.2, 0) is 21.4 Å². The van der Waals surface area contributed by atoms with Gasteiger partial charge in [0.25, 0.3) is 0 Å². The molecule has 0 radical (unpaired) electrons. The molecule has 10 heteroatoms. The molecule has 0 aliphatic heterocycles. The molecular weight excluding hydrogens is 392 g/mol. The number of hydrogen-bond acceptors (Lipinski definition) is 6. The maximum absolute atomic E-state index is 12.5. The first-order chi connectivity index (χ1) is 13.9. The molecule has 0 fully saturated rings. The summed E-state index contributed by atoms with van der Waals surface area (Å²) in [6.07, 6.45) is 0. The summed E-state index contributed by atoms with van der Waals surface area (Å²) >= 11 is 0. The van der Waals surface area contributed by atoms with E-state index in [1.54, 1.807) is 26.0 Å². The largest absolute Gasteiger partial charge is 0.324 e. The van der Waals surface area contributed by atoms with Crippen LogP contribution in [-0.4, -0.2) is 51.9 Å². The first kappa shape index (κ1) is 20.6. The van der Waals surface area contributed by atoms with Gasteiger partial charge in [-0.3, -0.25) is 4.79 Å². The number of carbonyl (C=O) groups is 1. The Morgan fingerprint density at radius 2 is 1.69 bits per heavy atom. The lowest BCUT2D eigenvalue weighted by atomic mass is 10.2. The van der Waals surface area contributed by atoms with Gasteiger partial charge in [-0.1, -0.05) is 44.2 Å². The van der Waals surface area contributed by atoms with Crippen molar-refractivity contribution in [3.63, 3.8) is 0 Å². The normalized spacial score (nSPS) is 11.6. The zero-order valence-electron chi connectivity index (χ0n) is 16.2. The van der Waals surface area contributed by atoms with Crippen LogP contribution in [0.15, 0.2) is 59.5 Å². The summed E-state index contributed by atoms with van der Waals surface area (Å²) in [5.41, 5.74) is 1.29. The summed E-state index contributed by atoms with van der Waals surface area (Å²) in [6, 6.07) is 15.4. The van der Waals surface area contributed by atoms with Crippen LogP contribution in [0.25, 0.3) is 11.4 Å². The molecule has 0 aliphatic carbocycles. The summed E-state index contributed by atoms with van der Waals surface area (Å²) in [5, 5.41) is 14.7. The minimum absolute atomic E-state index is 0.112. The zero-order chi connectivity index (χ0) is 20.9. The van der Waals surface area contributed by atoms with Gasteiger partial charge in [0.1, 0.15) is 6.54 Å². The van der Waals surface area contributed by atoms with Crippen LogP contribution in [0.2, 0.25) is 0 Å². The molecule has 0 bridgehead atoms. The zero-order valence-corrected chi connectivity index (χ0v) is 17.0. The van der Waals surface area contributed by atoms with Crippen molar-refractivity contribution >= 4 is 21.6 Å². The second kappa shape index (κ2) is 8.93. The molecule has 3 aromatic rings. The molecule has 1 amide bonds. The number of anilines is 1. The molecule has 0 saturated heterocycles. The lowest BCUT2D eigenvalue weighted by Crippen LogP contribution is -2.30. The number of benzene rings is 2. The van der Waals surface area contributed by atoms with E-state index in [1.807, 2.05) is 30.3 Å². The third-order valence-corrected chi connectivity index (χ3v) is 6.32. The van der Waals surface area contributed by atoms with Crippen molar-refractivity contribution in [3.8, 4) is 11.4 Å². The lowest BCUT2D eigenvalue weighted by Gasteiger charge is -2.18. The third-order valence-electron chi connectivity index (χ3n) is 4.25. The van der Waals surface area contributed by atoms with Gasteiger partial charge in [0, 0.05) is 24.3 Å². The van der Waals surface area contributed by atoms with Crippen molar-refractivity contribution in [2.24, 2.45) is 0 Å². The highest BCUT2D eigenvalue weighted by Crippen LogP contribution is 2.18. The number of carbonyl (C=O) groups excluding carboxylic acids is 1. The Kier molecular flexibility index (Phi) is 6.35. The Labute approximate surface area is 169 Å². The van der Waals surface area contributed by atoms with Crippen molar-refractivity contribution < 1.29 is 13.2 Å². The minimum atomic E-state index is -3.53. The second-order valence-electron chi connectivity index (χ2n) is 6.17. The number of amides is 1. The molecule has 152 valence electrons. The van der Waals surface area contributed by atoms with Gasteiger partial charge in [0.2, 0.25) is 21.8 Å². The number of tetrazole rings is 1. The number of sulfonamides is 1. The van der Waals surface area contributed by atoms with Crippen LogP contribution < -0.4 is 5.32 Å². The molecule has 29 heavy (non-hydrogen) atoms. The van der Waals surface area contributed by atoms with Gasteiger partial charge in [0.15, 0.2) is 0 Å². The number of nitrogens with one attached hydrogen (secondary N) is 1. The molecule has 0 unspecified atom stereocenters. The van der Waals surface area contributed by atoms with E-state index < -0.39 is 10.0 Å². The molecule has 9 nitrogen and oxygen atoms in total. The molecule has 0 atom stereocenters. The predicted octanol–water partition coefficient (Wildman–Crippen LogP) is 2.01. The van der Waals surface area contributed by atoms with Crippen LogP contribution in [0.4, 0.5) is 5.69 Å². The number of aromatic nitrogens is 4. The summed E-state index contributed by atoms with van der Waals surface area (Å²) in [7, 11) is -3.53. The lowest BCUT2D eigenvalue weighted by molar-refractivity contribution is -0.117. The highest BCUT2D eigenvalue weighted by molar-refractivity contribution is 7.89. The summed E-state index contributed by atoms with van der Waals surface area (Å²) in [4.78, 5) is 13.6. The second-order valence-corrected chi connectivity index (χ2v) is 8.11. The van der Waals surface area contributed by atoms with Crippen molar-refractivity contribution in [2.45, 2.75) is 25.3 Å². The van der Waals surface area contributed by atoms with Crippen LogP contribution >= 0.6 is 0 Å². The molecule has 0 aliphatic rings. The first-order valence-electron chi connectivity index (χ1n) is 9.17. The Morgan fingerprint density at radius 1 is 1.03 bits per heavy atom. The fourth-order valence-electron chi connectivity index (χ4n) is 2.76. The molecule has 0 saturated carbocycles. The van der Waals surface area contributed by atoms with E-state index in [0.29, 0.717) is 24.6 Å². The molecule has 1 aromatic heterocycles. The van der Waals surface area contributed by atoms with Crippen LogP contribution in [0.3, 0.4) is 0 Å². The summed E-state index contributed by atoms with van der Waals surface area (Å²) in [6.45, 7) is 4.26. The molecule has 1 heterocycles. The third kappa shape index (κ3) is 4.84. The van der Waals surface area contributed by atoms with Gasteiger partial charge in [-0.25, -0.2) is 8.42 Å². The Balaban J connectivity index is 1.64. The van der Waals surface area contributed by atoms with Gasteiger partial charge in [-0.05, 0) is 29.5 Å². The van der Waals surface area contributed by atoms with Crippen LogP contribution in [0.5, 0.6) is 0 Å². The van der Waals surface area contributed by atoms with E-state index in [0.717, 1.165) is 5.56 Å². The van der Waals surface area contributed by atoms with Crippen molar-refractivity contribution in [1.82, 2.24) is 24.5 Å². The van der Waals surface area contributed by atoms with Crippen molar-refractivity contribution in [1.29, 1.82) is 0 Å². The molecule has 0 spiro atoms. The minimum Gasteiger partial charge on any atom is -0.324 e. The van der Waals surface area contributed by atoms with Gasteiger partial charge in [0.05, 0.1) is 4.90 Å². The summed E-state index contributed by atoms with van der Waals surface area (Å²) in [5.74, 6) is 0.0886. The fraction of sp³-hybridized carbons (Fsp3) is 0.263.